The Morgan fingerprint density at radius 3 is 2.67 bits per heavy atom. The van der Waals surface area contributed by atoms with E-state index in [0.29, 0.717) is 0 Å². The fourth-order valence-corrected chi connectivity index (χ4v) is 1.32. The number of rotatable bonds is 3. The minimum absolute atomic E-state index is 0.120. The first-order valence-corrected chi connectivity index (χ1v) is 3.51. The van der Waals surface area contributed by atoms with Gasteiger partial charge in [-0.15, -0.1) is 0 Å². The second-order valence-electron chi connectivity index (χ2n) is 2.84. The van der Waals surface area contributed by atoms with Crippen LogP contribution in [0.2, 0.25) is 0 Å². The zero-order valence-corrected chi connectivity index (χ0v) is 6.06. The third kappa shape index (κ3) is 0.700. The highest BCUT2D eigenvalue weighted by Crippen LogP contribution is 2.62. The lowest BCUT2D eigenvalue weighted by molar-refractivity contribution is -0.157. The van der Waals surface area contributed by atoms with Crippen molar-refractivity contribution >= 4 is 5.97 Å². The fourth-order valence-electron chi connectivity index (χ4n) is 1.32. The molecule has 6 heteroatoms. The van der Waals surface area contributed by atoms with Crippen LogP contribution in [0.1, 0.15) is 6.42 Å². The Hall–Kier alpha value is -0.690. The highest BCUT2D eigenvalue weighted by Gasteiger charge is 2.90. The standard InChI is InChI=1S/C6H8O6/c7-2-1-3-6(11-3)5(10,12-6)4(8)9/h3,7,10H,1-2H2,(H,8,9). The largest absolute Gasteiger partial charge is 0.477 e. The van der Waals surface area contributed by atoms with Crippen LogP contribution >= 0.6 is 0 Å². The molecule has 0 amide bonds. The zero-order valence-electron chi connectivity index (χ0n) is 6.06. The van der Waals surface area contributed by atoms with E-state index in [1.165, 1.54) is 0 Å². The molecule has 6 nitrogen and oxygen atoms in total. The lowest BCUT2D eigenvalue weighted by Crippen LogP contribution is -2.28. The van der Waals surface area contributed by atoms with Gasteiger partial charge in [-0.2, -0.15) is 0 Å². The van der Waals surface area contributed by atoms with Gasteiger partial charge in [0.05, 0.1) is 0 Å². The van der Waals surface area contributed by atoms with Gasteiger partial charge in [-0.25, -0.2) is 4.79 Å². The molecule has 2 fully saturated rings. The van der Waals surface area contributed by atoms with Crippen molar-refractivity contribution in [1.82, 2.24) is 0 Å². The third-order valence-corrected chi connectivity index (χ3v) is 2.10. The Labute approximate surface area is 67.3 Å². The van der Waals surface area contributed by atoms with Crippen LogP contribution in [0.3, 0.4) is 0 Å². The predicted molar refractivity (Wildman–Crippen MR) is 33.0 cm³/mol. The van der Waals surface area contributed by atoms with Gasteiger partial charge < -0.3 is 20.1 Å². The quantitative estimate of drug-likeness (QED) is 0.441. The molecule has 0 aromatic rings. The normalized spacial score (nSPS) is 49.3. The molecule has 0 aliphatic carbocycles. The van der Waals surface area contributed by atoms with E-state index < -0.39 is 23.6 Å². The number of carboxylic acid groups (broad SMARTS) is 1. The second-order valence-corrected chi connectivity index (χ2v) is 2.84. The van der Waals surface area contributed by atoms with Crippen molar-refractivity contribution in [2.45, 2.75) is 24.1 Å². The average Bonchev–Trinajstić information content (AvgIpc) is 2.78. The summed E-state index contributed by atoms with van der Waals surface area (Å²) in [7, 11) is 0. The zero-order chi connectivity index (χ0) is 8.98. The number of aliphatic hydroxyl groups is 2. The summed E-state index contributed by atoms with van der Waals surface area (Å²) in [5, 5.41) is 26.1. The summed E-state index contributed by atoms with van der Waals surface area (Å²) < 4.78 is 9.37. The summed E-state index contributed by atoms with van der Waals surface area (Å²) in [6, 6.07) is 0. The Bertz CT molecular complexity index is 240. The molecular weight excluding hydrogens is 168 g/mol. The van der Waals surface area contributed by atoms with Crippen LogP contribution in [0.5, 0.6) is 0 Å². The monoisotopic (exact) mass is 176 g/mol. The van der Waals surface area contributed by atoms with Crippen molar-refractivity contribution < 1.29 is 29.6 Å². The number of carboxylic acids is 1. The Kier molecular flexibility index (Phi) is 1.30. The van der Waals surface area contributed by atoms with E-state index in [1.54, 1.807) is 0 Å². The lowest BCUT2D eigenvalue weighted by atomic mass is 10.1. The molecule has 0 radical (unpaired) electrons. The maximum Gasteiger partial charge on any atom is 0.370 e. The number of aliphatic carboxylic acids is 1. The summed E-state index contributed by atoms with van der Waals surface area (Å²) >= 11 is 0. The van der Waals surface area contributed by atoms with Gasteiger partial charge in [0.15, 0.2) is 0 Å². The van der Waals surface area contributed by atoms with Crippen molar-refractivity contribution in [2.75, 3.05) is 6.61 Å². The van der Waals surface area contributed by atoms with Gasteiger partial charge in [0, 0.05) is 13.0 Å². The highest BCUT2D eigenvalue weighted by atomic mass is 17.0. The number of hydrogen-bond donors (Lipinski definition) is 3. The molecule has 0 bridgehead atoms. The molecule has 2 heterocycles. The SMILES string of the molecule is O=C(O)C1(O)OC12OC2CCO. The maximum atomic E-state index is 10.4. The Morgan fingerprint density at radius 1 is 1.58 bits per heavy atom. The molecule has 3 unspecified atom stereocenters. The molecule has 1 spiro atoms. The predicted octanol–water partition coefficient (Wildman–Crippen LogP) is -1.73. The molecule has 12 heavy (non-hydrogen) atoms. The molecule has 68 valence electrons. The van der Waals surface area contributed by atoms with E-state index in [9.17, 15) is 4.79 Å². The van der Waals surface area contributed by atoms with Gasteiger partial charge in [0.25, 0.3) is 5.79 Å². The minimum atomic E-state index is -2.19. The van der Waals surface area contributed by atoms with Gasteiger partial charge in [-0.1, -0.05) is 0 Å². The number of ether oxygens (including phenoxy) is 2. The van der Waals surface area contributed by atoms with Crippen LogP contribution in [0, 0.1) is 0 Å². The molecule has 0 saturated carbocycles. The van der Waals surface area contributed by atoms with E-state index in [2.05, 4.69) is 4.74 Å². The molecule has 3 N–H and O–H groups in total. The summed E-state index contributed by atoms with van der Waals surface area (Å²) in [4.78, 5) is 10.4. The Balaban J connectivity index is 2.00. The van der Waals surface area contributed by atoms with Crippen LogP contribution < -0.4 is 0 Å². The topological polar surface area (TPSA) is 103 Å². The van der Waals surface area contributed by atoms with Crippen molar-refractivity contribution in [2.24, 2.45) is 0 Å². The van der Waals surface area contributed by atoms with E-state index in [0.717, 1.165) is 0 Å². The molecule has 0 aromatic carbocycles. The average molecular weight is 176 g/mol. The summed E-state index contributed by atoms with van der Waals surface area (Å²) in [6.07, 6.45) is -0.223. The molecule has 0 aromatic heterocycles. The van der Waals surface area contributed by atoms with Crippen LogP contribution in [0.4, 0.5) is 0 Å². The molecule has 2 aliphatic heterocycles. The van der Waals surface area contributed by atoms with Crippen molar-refractivity contribution in [3.05, 3.63) is 0 Å². The van der Waals surface area contributed by atoms with Gasteiger partial charge in [0.1, 0.15) is 6.10 Å². The number of aliphatic hydroxyl groups excluding tert-OH is 1. The van der Waals surface area contributed by atoms with Gasteiger partial charge >= 0.3 is 11.8 Å². The second kappa shape index (κ2) is 1.97. The van der Waals surface area contributed by atoms with Crippen LogP contribution in [-0.2, 0) is 14.3 Å². The van der Waals surface area contributed by atoms with Crippen molar-refractivity contribution in [1.29, 1.82) is 0 Å². The third-order valence-electron chi connectivity index (χ3n) is 2.10. The summed E-state index contributed by atoms with van der Waals surface area (Å²) in [5.74, 6) is -5.00. The molecule has 2 rings (SSSR count). The van der Waals surface area contributed by atoms with Gasteiger partial charge in [0.2, 0.25) is 0 Å². The van der Waals surface area contributed by atoms with Crippen LogP contribution in [-0.4, -0.2) is 45.6 Å². The van der Waals surface area contributed by atoms with E-state index >= 15 is 0 Å². The first-order chi connectivity index (χ1) is 5.57. The van der Waals surface area contributed by atoms with E-state index in [-0.39, 0.29) is 13.0 Å². The van der Waals surface area contributed by atoms with Crippen LogP contribution in [0.25, 0.3) is 0 Å². The highest BCUT2D eigenvalue weighted by molar-refractivity contribution is 5.81. The first-order valence-electron chi connectivity index (χ1n) is 3.51. The molecule has 2 aliphatic rings. The maximum absolute atomic E-state index is 10.4. The lowest BCUT2D eigenvalue weighted by Gasteiger charge is -1.92. The first kappa shape index (κ1) is 7.93. The van der Waals surface area contributed by atoms with Gasteiger partial charge in [-0.3, -0.25) is 4.74 Å². The van der Waals surface area contributed by atoms with Crippen molar-refractivity contribution in [3.63, 3.8) is 0 Å². The molecular formula is C6H8O6. The minimum Gasteiger partial charge on any atom is -0.477 e. The van der Waals surface area contributed by atoms with Crippen molar-refractivity contribution in [3.8, 4) is 0 Å². The van der Waals surface area contributed by atoms with Crippen LogP contribution in [0.15, 0.2) is 0 Å². The molecule has 3 atom stereocenters. The Morgan fingerprint density at radius 2 is 2.25 bits per heavy atom. The van der Waals surface area contributed by atoms with Gasteiger partial charge in [-0.05, 0) is 0 Å². The van der Waals surface area contributed by atoms with E-state index in [1.807, 2.05) is 0 Å². The number of hydrogen-bond acceptors (Lipinski definition) is 5. The number of epoxide rings is 2. The smallest absolute Gasteiger partial charge is 0.370 e. The summed E-state index contributed by atoms with van der Waals surface area (Å²) in [6.45, 7) is -0.120. The number of carbonyl (C=O) groups is 1. The summed E-state index contributed by atoms with van der Waals surface area (Å²) in [5.41, 5.74) is 0. The molecule has 2 saturated heterocycles. The van der Waals surface area contributed by atoms with E-state index in [4.69, 9.17) is 20.1 Å². The fraction of sp³-hybridized carbons (Fsp3) is 0.833.